The lowest BCUT2D eigenvalue weighted by molar-refractivity contribution is 0.403. The Balaban J connectivity index is 1.56. The van der Waals surface area contributed by atoms with Gasteiger partial charge in [0.2, 0.25) is 5.82 Å². The van der Waals surface area contributed by atoms with Crippen molar-refractivity contribution in [1.29, 1.82) is 5.26 Å². The predicted molar refractivity (Wildman–Crippen MR) is 79.6 cm³/mol. The molecule has 1 saturated heterocycles. The molecule has 5 heteroatoms. The monoisotopic (exact) mass is 279 g/mol. The SMILES string of the molecule is N#Cc1ncc(N2CCC(Cc3cccnc3)CC2)cn1. The van der Waals surface area contributed by atoms with Gasteiger partial charge in [-0.1, -0.05) is 6.07 Å². The second-order valence-corrected chi connectivity index (χ2v) is 5.37. The zero-order valence-electron chi connectivity index (χ0n) is 11.8. The summed E-state index contributed by atoms with van der Waals surface area (Å²) in [5.74, 6) is 0.940. The molecule has 0 atom stereocenters. The number of piperidine rings is 1. The molecular weight excluding hydrogens is 262 g/mol. The van der Waals surface area contributed by atoms with Gasteiger partial charge in [-0.3, -0.25) is 4.98 Å². The largest absolute Gasteiger partial charge is 0.369 e. The predicted octanol–water partition coefficient (Wildman–Crippen LogP) is 2.20. The van der Waals surface area contributed by atoms with Crippen LogP contribution in [0.5, 0.6) is 0 Å². The van der Waals surface area contributed by atoms with E-state index in [1.54, 1.807) is 12.4 Å². The van der Waals surface area contributed by atoms with E-state index in [0.717, 1.165) is 38.0 Å². The molecule has 0 aliphatic carbocycles. The molecule has 0 bridgehead atoms. The number of hydrogen-bond acceptors (Lipinski definition) is 5. The van der Waals surface area contributed by atoms with Gasteiger partial charge >= 0.3 is 0 Å². The summed E-state index contributed by atoms with van der Waals surface area (Å²) in [7, 11) is 0. The molecule has 0 aromatic carbocycles. The van der Waals surface area contributed by atoms with Gasteiger partial charge in [-0.2, -0.15) is 5.26 Å². The van der Waals surface area contributed by atoms with Gasteiger partial charge in [-0.15, -0.1) is 0 Å². The Morgan fingerprint density at radius 1 is 1.19 bits per heavy atom. The van der Waals surface area contributed by atoms with Crippen LogP contribution in [0.1, 0.15) is 24.2 Å². The Kier molecular flexibility index (Phi) is 4.06. The van der Waals surface area contributed by atoms with E-state index in [0.29, 0.717) is 5.92 Å². The molecule has 0 radical (unpaired) electrons. The Morgan fingerprint density at radius 2 is 1.95 bits per heavy atom. The van der Waals surface area contributed by atoms with Crippen molar-refractivity contribution in [1.82, 2.24) is 15.0 Å². The smallest absolute Gasteiger partial charge is 0.232 e. The highest BCUT2D eigenvalue weighted by Crippen LogP contribution is 2.24. The van der Waals surface area contributed by atoms with Crippen molar-refractivity contribution in [3.63, 3.8) is 0 Å². The van der Waals surface area contributed by atoms with E-state index in [2.05, 4.69) is 25.9 Å². The summed E-state index contributed by atoms with van der Waals surface area (Å²) in [6.07, 6.45) is 10.7. The fraction of sp³-hybridized carbons (Fsp3) is 0.375. The van der Waals surface area contributed by atoms with Crippen LogP contribution in [0.15, 0.2) is 36.9 Å². The summed E-state index contributed by atoms with van der Waals surface area (Å²) < 4.78 is 0. The van der Waals surface area contributed by atoms with Crippen LogP contribution in [-0.4, -0.2) is 28.0 Å². The number of pyridine rings is 1. The maximum absolute atomic E-state index is 8.72. The Bertz CT molecular complexity index is 609. The first-order chi connectivity index (χ1) is 10.3. The third-order valence-corrected chi connectivity index (χ3v) is 3.97. The highest BCUT2D eigenvalue weighted by atomic mass is 15.1. The molecule has 106 valence electrons. The second kappa shape index (κ2) is 6.31. The highest BCUT2D eigenvalue weighted by Gasteiger charge is 2.20. The average molecular weight is 279 g/mol. The summed E-state index contributed by atoms with van der Waals surface area (Å²) in [5, 5.41) is 8.72. The lowest BCUT2D eigenvalue weighted by atomic mass is 9.90. The molecular formula is C16H17N5. The maximum Gasteiger partial charge on any atom is 0.232 e. The highest BCUT2D eigenvalue weighted by molar-refractivity contribution is 5.43. The molecule has 2 aromatic heterocycles. The standard InChI is InChI=1S/C16H17N5/c17-9-16-19-11-15(12-20-16)21-6-3-13(4-7-21)8-14-2-1-5-18-10-14/h1-2,5,10-13H,3-4,6-8H2. The number of hydrogen-bond donors (Lipinski definition) is 0. The van der Waals surface area contributed by atoms with Crippen molar-refractivity contribution in [3.05, 3.63) is 48.3 Å². The zero-order valence-corrected chi connectivity index (χ0v) is 11.8. The average Bonchev–Trinajstić information content (AvgIpc) is 2.57. The molecule has 1 fully saturated rings. The van der Waals surface area contributed by atoms with E-state index in [9.17, 15) is 0 Å². The summed E-state index contributed by atoms with van der Waals surface area (Å²) in [5.41, 5.74) is 2.33. The lowest BCUT2D eigenvalue weighted by Crippen LogP contribution is -2.34. The minimum atomic E-state index is 0.227. The fourth-order valence-corrected chi connectivity index (χ4v) is 2.79. The van der Waals surface area contributed by atoms with Crippen LogP contribution in [0.25, 0.3) is 0 Å². The lowest BCUT2D eigenvalue weighted by Gasteiger charge is -2.33. The fourth-order valence-electron chi connectivity index (χ4n) is 2.79. The van der Waals surface area contributed by atoms with E-state index in [-0.39, 0.29) is 5.82 Å². The zero-order chi connectivity index (χ0) is 14.5. The van der Waals surface area contributed by atoms with Crippen molar-refractivity contribution in [3.8, 4) is 6.07 Å². The molecule has 1 aliphatic heterocycles. The number of anilines is 1. The summed E-state index contributed by atoms with van der Waals surface area (Å²) in [6.45, 7) is 2.03. The van der Waals surface area contributed by atoms with Gasteiger partial charge in [-0.25, -0.2) is 9.97 Å². The van der Waals surface area contributed by atoms with Gasteiger partial charge < -0.3 is 4.90 Å². The summed E-state index contributed by atoms with van der Waals surface area (Å²) in [6, 6.07) is 6.09. The number of nitriles is 1. The van der Waals surface area contributed by atoms with Crippen molar-refractivity contribution in [2.75, 3.05) is 18.0 Å². The quantitative estimate of drug-likeness (QED) is 0.861. The Labute approximate surface area is 124 Å². The van der Waals surface area contributed by atoms with Gasteiger partial charge in [0, 0.05) is 25.5 Å². The van der Waals surface area contributed by atoms with Crippen LogP contribution in [0.3, 0.4) is 0 Å². The normalized spacial score (nSPS) is 15.7. The van der Waals surface area contributed by atoms with Crippen LogP contribution in [0.4, 0.5) is 5.69 Å². The molecule has 0 unspecified atom stereocenters. The molecule has 3 rings (SSSR count). The van der Waals surface area contributed by atoms with E-state index in [1.807, 2.05) is 24.5 Å². The van der Waals surface area contributed by atoms with Crippen LogP contribution in [0, 0.1) is 17.2 Å². The van der Waals surface area contributed by atoms with Gasteiger partial charge in [0.05, 0.1) is 18.1 Å². The maximum atomic E-state index is 8.72. The molecule has 2 aromatic rings. The summed E-state index contributed by atoms with van der Waals surface area (Å²) >= 11 is 0. The van der Waals surface area contributed by atoms with Crippen LogP contribution >= 0.6 is 0 Å². The van der Waals surface area contributed by atoms with Crippen LogP contribution in [0.2, 0.25) is 0 Å². The number of rotatable bonds is 3. The van der Waals surface area contributed by atoms with E-state index in [1.165, 1.54) is 5.56 Å². The van der Waals surface area contributed by atoms with Gasteiger partial charge in [0.25, 0.3) is 0 Å². The number of nitrogens with zero attached hydrogens (tertiary/aromatic N) is 5. The van der Waals surface area contributed by atoms with Crippen molar-refractivity contribution in [2.45, 2.75) is 19.3 Å². The Morgan fingerprint density at radius 3 is 2.57 bits per heavy atom. The van der Waals surface area contributed by atoms with Crippen molar-refractivity contribution < 1.29 is 0 Å². The first-order valence-corrected chi connectivity index (χ1v) is 7.21. The Hall–Kier alpha value is -2.48. The number of aromatic nitrogens is 3. The van der Waals surface area contributed by atoms with E-state index < -0.39 is 0 Å². The van der Waals surface area contributed by atoms with Gasteiger partial charge in [0.15, 0.2) is 0 Å². The van der Waals surface area contributed by atoms with Crippen LogP contribution in [-0.2, 0) is 6.42 Å². The summed E-state index contributed by atoms with van der Waals surface area (Å²) in [4.78, 5) is 14.5. The molecule has 21 heavy (non-hydrogen) atoms. The first kappa shape index (κ1) is 13.5. The molecule has 0 spiro atoms. The van der Waals surface area contributed by atoms with Crippen molar-refractivity contribution in [2.24, 2.45) is 5.92 Å². The van der Waals surface area contributed by atoms with Crippen LogP contribution < -0.4 is 4.90 Å². The molecule has 0 N–H and O–H groups in total. The third-order valence-electron chi connectivity index (χ3n) is 3.97. The van der Waals surface area contributed by atoms with E-state index in [4.69, 9.17) is 5.26 Å². The first-order valence-electron chi connectivity index (χ1n) is 7.21. The molecule has 5 nitrogen and oxygen atoms in total. The van der Waals surface area contributed by atoms with Gasteiger partial charge in [-0.05, 0) is 36.8 Å². The van der Waals surface area contributed by atoms with Crippen molar-refractivity contribution >= 4 is 5.69 Å². The third kappa shape index (κ3) is 3.34. The van der Waals surface area contributed by atoms with E-state index >= 15 is 0 Å². The molecule has 0 saturated carbocycles. The minimum Gasteiger partial charge on any atom is -0.369 e. The topological polar surface area (TPSA) is 65.7 Å². The van der Waals surface area contributed by atoms with Gasteiger partial charge in [0.1, 0.15) is 6.07 Å². The second-order valence-electron chi connectivity index (χ2n) is 5.37. The minimum absolute atomic E-state index is 0.227. The molecule has 3 heterocycles. The molecule has 1 aliphatic rings. The molecule has 0 amide bonds.